The molecule has 1 aliphatic rings. The Morgan fingerprint density at radius 3 is 3.17 bits per heavy atom. The lowest BCUT2D eigenvalue weighted by molar-refractivity contribution is -0.119. The number of ether oxygens (including phenoxy) is 1. The molecular weight excluding hydrogens is 326 g/mol. The largest absolute Gasteiger partial charge is 0.488 e. The molecular formula is C16H21N5O2S. The zero-order chi connectivity index (χ0) is 16.9. The number of hydrogen-bond donors (Lipinski definition) is 1. The molecule has 7 nitrogen and oxygen atoms in total. The third kappa shape index (κ3) is 4.19. The van der Waals surface area contributed by atoms with Gasteiger partial charge in [0.25, 0.3) is 0 Å². The number of amides is 1. The van der Waals surface area contributed by atoms with Crippen LogP contribution in [0.25, 0.3) is 0 Å². The Kier molecular flexibility index (Phi) is 5.24. The number of rotatable bonds is 6. The van der Waals surface area contributed by atoms with Gasteiger partial charge in [-0.25, -0.2) is 4.98 Å². The summed E-state index contributed by atoms with van der Waals surface area (Å²) in [6.45, 7) is 5.69. The fraction of sp³-hybridized carbons (Fsp3) is 0.500. The van der Waals surface area contributed by atoms with Gasteiger partial charge in [0, 0.05) is 50.1 Å². The van der Waals surface area contributed by atoms with Crippen LogP contribution in [0.3, 0.4) is 0 Å². The number of carbonyl (C=O) groups excluding carboxylic acids is 1. The molecule has 1 amide bonds. The van der Waals surface area contributed by atoms with E-state index in [2.05, 4.69) is 31.5 Å². The highest BCUT2D eigenvalue weighted by Crippen LogP contribution is 2.25. The van der Waals surface area contributed by atoms with Crippen molar-refractivity contribution in [3.63, 3.8) is 0 Å². The summed E-state index contributed by atoms with van der Waals surface area (Å²) in [5.41, 5.74) is 0.786. The van der Waals surface area contributed by atoms with E-state index in [9.17, 15) is 4.79 Å². The molecule has 0 aliphatic carbocycles. The zero-order valence-corrected chi connectivity index (χ0v) is 14.7. The van der Waals surface area contributed by atoms with Gasteiger partial charge in [0.05, 0.1) is 18.8 Å². The molecule has 1 aliphatic heterocycles. The highest BCUT2D eigenvalue weighted by Gasteiger charge is 2.26. The monoisotopic (exact) mass is 347 g/mol. The molecule has 1 fully saturated rings. The average molecular weight is 347 g/mol. The normalized spacial score (nSPS) is 17.1. The molecule has 3 heterocycles. The zero-order valence-electron chi connectivity index (χ0n) is 13.9. The first-order valence-corrected chi connectivity index (χ1v) is 8.85. The Morgan fingerprint density at radius 2 is 2.42 bits per heavy atom. The van der Waals surface area contributed by atoms with Crippen LogP contribution < -0.4 is 15.0 Å². The summed E-state index contributed by atoms with van der Waals surface area (Å²) < 4.78 is 10.4. The summed E-state index contributed by atoms with van der Waals surface area (Å²) in [7, 11) is 0. The van der Waals surface area contributed by atoms with Gasteiger partial charge in [-0.1, -0.05) is 6.92 Å². The Balaban J connectivity index is 1.57. The van der Waals surface area contributed by atoms with Crippen molar-refractivity contribution in [1.29, 1.82) is 0 Å². The molecule has 8 heteroatoms. The number of nitrogens with zero attached hydrogens (tertiary/aromatic N) is 4. The predicted molar refractivity (Wildman–Crippen MR) is 92.3 cm³/mol. The predicted octanol–water partition coefficient (Wildman–Crippen LogP) is 1.79. The molecule has 0 spiro atoms. The number of carbonyl (C=O) groups is 1. The van der Waals surface area contributed by atoms with Crippen LogP contribution in [0, 0.1) is 0 Å². The standard InChI is InChI=1S/C16H21N5O2S/c1-3-15-19-16(24-20-15)21-7-5-14(10-21)23-13-4-6-17-12(8-13)9-18-11(2)22/h4,6,8,14H,3,5,7,9-10H2,1-2H3,(H,18,22). The van der Waals surface area contributed by atoms with Gasteiger partial charge in [0.2, 0.25) is 11.0 Å². The summed E-state index contributed by atoms with van der Waals surface area (Å²) in [5, 5.41) is 3.71. The average Bonchev–Trinajstić information content (AvgIpc) is 3.22. The van der Waals surface area contributed by atoms with E-state index < -0.39 is 0 Å². The van der Waals surface area contributed by atoms with Crippen molar-refractivity contribution in [1.82, 2.24) is 19.7 Å². The first-order valence-electron chi connectivity index (χ1n) is 8.07. The second-order valence-corrected chi connectivity index (χ2v) is 6.44. The number of hydrogen-bond acceptors (Lipinski definition) is 7. The summed E-state index contributed by atoms with van der Waals surface area (Å²) in [6, 6.07) is 3.72. The third-order valence-electron chi connectivity index (χ3n) is 3.80. The maximum atomic E-state index is 11.0. The Labute approximate surface area is 145 Å². The number of anilines is 1. The second-order valence-electron chi connectivity index (χ2n) is 5.71. The van der Waals surface area contributed by atoms with Crippen LogP contribution in [-0.2, 0) is 17.8 Å². The molecule has 1 N–H and O–H groups in total. The molecule has 3 rings (SSSR count). The van der Waals surface area contributed by atoms with Crippen molar-refractivity contribution in [3.05, 3.63) is 29.8 Å². The van der Waals surface area contributed by atoms with Gasteiger partial charge in [-0.15, -0.1) is 0 Å². The summed E-state index contributed by atoms with van der Waals surface area (Å²) in [5.74, 6) is 1.61. The smallest absolute Gasteiger partial charge is 0.217 e. The molecule has 1 unspecified atom stereocenters. The van der Waals surface area contributed by atoms with Gasteiger partial charge < -0.3 is 15.0 Å². The van der Waals surface area contributed by atoms with Crippen molar-refractivity contribution in [2.75, 3.05) is 18.0 Å². The maximum absolute atomic E-state index is 11.0. The molecule has 0 radical (unpaired) electrons. The lowest BCUT2D eigenvalue weighted by Crippen LogP contribution is -2.24. The Morgan fingerprint density at radius 1 is 1.54 bits per heavy atom. The number of aryl methyl sites for hydroxylation is 1. The molecule has 128 valence electrons. The minimum atomic E-state index is -0.0712. The van der Waals surface area contributed by atoms with Gasteiger partial charge in [-0.3, -0.25) is 9.78 Å². The maximum Gasteiger partial charge on any atom is 0.217 e. The minimum Gasteiger partial charge on any atom is -0.488 e. The van der Waals surface area contributed by atoms with Crippen LogP contribution in [0.2, 0.25) is 0 Å². The van der Waals surface area contributed by atoms with Gasteiger partial charge >= 0.3 is 0 Å². The fourth-order valence-corrected chi connectivity index (χ4v) is 3.33. The summed E-state index contributed by atoms with van der Waals surface area (Å²) in [6.07, 6.45) is 3.63. The van der Waals surface area contributed by atoms with Crippen LogP contribution in [0.4, 0.5) is 5.13 Å². The van der Waals surface area contributed by atoms with E-state index >= 15 is 0 Å². The van der Waals surface area contributed by atoms with E-state index in [1.165, 1.54) is 18.5 Å². The lowest BCUT2D eigenvalue weighted by Gasteiger charge is -2.16. The minimum absolute atomic E-state index is 0.0712. The number of pyridine rings is 1. The van der Waals surface area contributed by atoms with Crippen LogP contribution in [-0.4, -0.2) is 39.4 Å². The van der Waals surface area contributed by atoms with Gasteiger partial charge in [-0.05, 0) is 6.07 Å². The molecule has 0 saturated carbocycles. The highest BCUT2D eigenvalue weighted by atomic mass is 32.1. The van der Waals surface area contributed by atoms with Gasteiger partial charge in [0.1, 0.15) is 17.7 Å². The fourth-order valence-electron chi connectivity index (χ4n) is 2.55. The molecule has 2 aromatic heterocycles. The van der Waals surface area contributed by atoms with Crippen LogP contribution in [0.1, 0.15) is 31.8 Å². The van der Waals surface area contributed by atoms with Crippen LogP contribution in [0.5, 0.6) is 5.75 Å². The second kappa shape index (κ2) is 7.57. The molecule has 2 aromatic rings. The van der Waals surface area contributed by atoms with Crippen molar-refractivity contribution in [2.24, 2.45) is 0 Å². The van der Waals surface area contributed by atoms with Gasteiger partial charge in [0.15, 0.2) is 0 Å². The van der Waals surface area contributed by atoms with Crippen LogP contribution >= 0.6 is 11.5 Å². The van der Waals surface area contributed by atoms with E-state index in [4.69, 9.17) is 4.74 Å². The third-order valence-corrected chi connectivity index (χ3v) is 4.61. The van der Waals surface area contributed by atoms with E-state index in [1.807, 2.05) is 12.1 Å². The van der Waals surface area contributed by atoms with Gasteiger partial charge in [-0.2, -0.15) is 4.37 Å². The first kappa shape index (κ1) is 16.6. The van der Waals surface area contributed by atoms with E-state index in [1.54, 1.807) is 6.20 Å². The first-order chi connectivity index (χ1) is 11.6. The Bertz CT molecular complexity index is 705. The van der Waals surface area contributed by atoms with E-state index in [0.29, 0.717) is 6.54 Å². The lowest BCUT2D eigenvalue weighted by atomic mass is 10.3. The number of aromatic nitrogens is 3. The molecule has 0 aromatic carbocycles. The highest BCUT2D eigenvalue weighted by molar-refractivity contribution is 7.09. The molecule has 1 saturated heterocycles. The van der Waals surface area contributed by atoms with Crippen molar-refractivity contribution in [2.45, 2.75) is 39.3 Å². The van der Waals surface area contributed by atoms with Crippen molar-refractivity contribution < 1.29 is 9.53 Å². The summed E-state index contributed by atoms with van der Waals surface area (Å²) in [4.78, 5) is 22.0. The molecule has 0 bridgehead atoms. The Hall–Kier alpha value is -2.22. The van der Waals surface area contributed by atoms with Crippen molar-refractivity contribution in [3.8, 4) is 5.75 Å². The molecule has 1 atom stereocenters. The quantitative estimate of drug-likeness (QED) is 0.858. The van der Waals surface area contributed by atoms with E-state index in [0.717, 1.165) is 48.3 Å². The summed E-state index contributed by atoms with van der Waals surface area (Å²) >= 11 is 1.45. The number of nitrogens with one attached hydrogen (secondary N) is 1. The van der Waals surface area contributed by atoms with Crippen LogP contribution in [0.15, 0.2) is 18.3 Å². The molecule has 24 heavy (non-hydrogen) atoms. The SMILES string of the molecule is CCc1nsc(N2CCC(Oc3ccnc(CNC(C)=O)c3)C2)n1. The topological polar surface area (TPSA) is 80.2 Å². The van der Waals surface area contributed by atoms with E-state index in [-0.39, 0.29) is 12.0 Å². The van der Waals surface area contributed by atoms with Crippen molar-refractivity contribution >= 4 is 22.6 Å².